The number of hydrogen-bond donors (Lipinski definition) is 2. The third kappa shape index (κ3) is 11.6. The number of esters is 1. The van der Waals surface area contributed by atoms with E-state index in [1.807, 2.05) is 6.08 Å². The number of methoxy groups -OCH3 is 1. The summed E-state index contributed by atoms with van der Waals surface area (Å²) in [4.78, 5) is 11.3. The van der Waals surface area contributed by atoms with Crippen molar-refractivity contribution in [3.05, 3.63) is 24.3 Å². The van der Waals surface area contributed by atoms with Crippen LogP contribution < -0.4 is 0 Å². The average molecular weight is 495 g/mol. The molecule has 7 atom stereocenters. The van der Waals surface area contributed by atoms with Crippen molar-refractivity contribution in [1.29, 1.82) is 0 Å². The van der Waals surface area contributed by atoms with E-state index in [2.05, 4.69) is 36.8 Å². The number of carbonyl (C=O) groups is 1. The number of carbonyl (C=O) groups excluding carboxylic acids is 1. The molecule has 0 aromatic rings. The van der Waals surface area contributed by atoms with E-state index in [1.54, 1.807) is 0 Å². The van der Waals surface area contributed by atoms with Crippen molar-refractivity contribution in [3.8, 4) is 0 Å². The lowest BCUT2D eigenvalue weighted by Gasteiger charge is -2.29. The molecule has 2 rings (SSSR count). The Morgan fingerprint density at radius 3 is 2.74 bits per heavy atom. The summed E-state index contributed by atoms with van der Waals surface area (Å²) in [6.45, 7) is 5.15. The summed E-state index contributed by atoms with van der Waals surface area (Å²) < 4.78 is 16.8. The van der Waals surface area contributed by atoms with Crippen molar-refractivity contribution >= 4 is 5.97 Å². The highest BCUT2D eigenvalue weighted by molar-refractivity contribution is 5.69. The Labute approximate surface area is 213 Å². The molecule has 0 spiro atoms. The molecule has 1 unspecified atom stereocenters. The van der Waals surface area contributed by atoms with Gasteiger partial charge < -0.3 is 24.4 Å². The molecular formula is C29H50O6. The van der Waals surface area contributed by atoms with Crippen LogP contribution in [-0.4, -0.2) is 54.5 Å². The Balaban J connectivity index is 1.95. The number of hydrogen-bond acceptors (Lipinski definition) is 6. The summed E-state index contributed by atoms with van der Waals surface area (Å²) in [6, 6.07) is 0. The first-order valence-corrected chi connectivity index (χ1v) is 14.0. The average Bonchev–Trinajstić information content (AvgIpc) is 3.14. The molecule has 1 aliphatic heterocycles. The standard InChI is InChI=1S/C29H50O6/c1-4-5-8-13-22(2)20-23(30)17-18-25-24(14-9-6-7-10-15-28(32)33-3)26(31)21-27(25)35-29-16-11-12-19-34-29/h6,9,17-18,22-27,29-31H,4-5,7-8,10-16,19-21H2,1-3H3/t22-,23+,24+,25+,26-,27+,29?/m0/s1. The highest BCUT2D eigenvalue weighted by atomic mass is 16.7. The summed E-state index contributed by atoms with van der Waals surface area (Å²) in [6.07, 6.45) is 18.9. The fraction of sp³-hybridized carbons (Fsp3) is 0.828. The van der Waals surface area contributed by atoms with Gasteiger partial charge in [-0.05, 0) is 56.8 Å². The van der Waals surface area contributed by atoms with Gasteiger partial charge in [-0.1, -0.05) is 63.8 Å². The van der Waals surface area contributed by atoms with Crippen LogP contribution in [-0.2, 0) is 19.0 Å². The largest absolute Gasteiger partial charge is 0.469 e. The van der Waals surface area contributed by atoms with Crippen LogP contribution in [0.25, 0.3) is 0 Å². The fourth-order valence-corrected chi connectivity index (χ4v) is 5.29. The van der Waals surface area contributed by atoms with Gasteiger partial charge in [0.15, 0.2) is 6.29 Å². The predicted octanol–water partition coefficient (Wildman–Crippen LogP) is 5.71. The van der Waals surface area contributed by atoms with E-state index in [0.717, 1.165) is 58.0 Å². The molecule has 0 amide bonds. The second-order valence-electron chi connectivity index (χ2n) is 10.5. The topological polar surface area (TPSA) is 85.2 Å². The normalized spacial score (nSPS) is 29.1. The van der Waals surface area contributed by atoms with Gasteiger partial charge in [0, 0.05) is 25.4 Å². The molecule has 1 saturated heterocycles. The molecule has 6 heteroatoms. The number of unbranched alkanes of at least 4 members (excludes halogenated alkanes) is 3. The molecule has 1 aliphatic carbocycles. The van der Waals surface area contributed by atoms with E-state index in [4.69, 9.17) is 9.47 Å². The Morgan fingerprint density at radius 1 is 1.20 bits per heavy atom. The second kappa shape index (κ2) is 17.3. The van der Waals surface area contributed by atoms with Crippen molar-refractivity contribution < 1.29 is 29.2 Å². The maximum absolute atomic E-state index is 11.3. The Bertz CT molecular complexity index is 627. The van der Waals surface area contributed by atoms with Gasteiger partial charge in [-0.2, -0.15) is 0 Å². The van der Waals surface area contributed by atoms with E-state index < -0.39 is 12.2 Å². The quantitative estimate of drug-likeness (QED) is 0.162. The summed E-state index contributed by atoms with van der Waals surface area (Å²) in [5.74, 6) is 0.367. The fourth-order valence-electron chi connectivity index (χ4n) is 5.29. The van der Waals surface area contributed by atoms with Gasteiger partial charge in [0.25, 0.3) is 0 Å². The van der Waals surface area contributed by atoms with Gasteiger partial charge in [-0.15, -0.1) is 0 Å². The highest BCUT2D eigenvalue weighted by Crippen LogP contribution is 2.39. The zero-order valence-corrected chi connectivity index (χ0v) is 22.3. The maximum atomic E-state index is 11.3. The van der Waals surface area contributed by atoms with Gasteiger partial charge in [0.05, 0.1) is 25.4 Å². The third-order valence-corrected chi connectivity index (χ3v) is 7.41. The summed E-state index contributed by atoms with van der Waals surface area (Å²) in [7, 11) is 1.41. The minimum Gasteiger partial charge on any atom is -0.469 e. The Kier molecular flexibility index (Phi) is 14.8. The zero-order chi connectivity index (χ0) is 25.5. The Hall–Kier alpha value is -1.21. The molecule has 0 aromatic carbocycles. The third-order valence-electron chi connectivity index (χ3n) is 7.41. The second-order valence-corrected chi connectivity index (χ2v) is 10.5. The molecule has 0 aromatic heterocycles. The molecule has 35 heavy (non-hydrogen) atoms. The van der Waals surface area contributed by atoms with Crippen molar-refractivity contribution in [2.75, 3.05) is 13.7 Å². The van der Waals surface area contributed by atoms with Gasteiger partial charge in [-0.3, -0.25) is 4.79 Å². The van der Waals surface area contributed by atoms with Crippen LogP contribution in [0.3, 0.4) is 0 Å². The molecule has 2 fully saturated rings. The number of ether oxygens (including phenoxy) is 3. The predicted molar refractivity (Wildman–Crippen MR) is 139 cm³/mol. The molecule has 2 N–H and O–H groups in total. The van der Waals surface area contributed by atoms with E-state index in [0.29, 0.717) is 18.8 Å². The summed E-state index contributed by atoms with van der Waals surface area (Å²) in [5.41, 5.74) is 0. The maximum Gasteiger partial charge on any atom is 0.305 e. The zero-order valence-electron chi connectivity index (χ0n) is 22.3. The van der Waals surface area contributed by atoms with Crippen molar-refractivity contribution in [3.63, 3.8) is 0 Å². The number of allylic oxidation sites excluding steroid dienone is 2. The number of rotatable bonds is 16. The van der Waals surface area contributed by atoms with E-state index in [1.165, 1.54) is 26.4 Å². The molecule has 2 aliphatic rings. The van der Waals surface area contributed by atoms with E-state index in [9.17, 15) is 15.0 Å². The molecular weight excluding hydrogens is 444 g/mol. The lowest BCUT2D eigenvalue weighted by atomic mass is 9.89. The summed E-state index contributed by atoms with van der Waals surface area (Å²) >= 11 is 0. The molecule has 0 bridgehead atoms. The van der Waals surface area contributed by atoms with Gasteiger partial charge >= 0.3 is 5.97 Å². The SMILES string of the molecule is CCCCC[C@H](C)C[C@H](O)C=C[C@@H]1[C@@H](CC=CCCCC(=O)OC)[C@@H](O)C[C@H]1OC1CCCCO1. The molecule has 1 heterocycles. The Morgan fingerprint density at radius 2 is 2.03 bits per heavy atom. The molecule has 6 nitrogen and oxygen atoms in total. The number of aliphatic hydroxyl groups is 2. The molecule has 0 radical (unpaired) electrons. The summed E-state index contributed by atoms with van der Waals surface area (Å²) in [5, 5.41) is 21.6. The van der Waals surface area contributed by atoms with Crippen LogP contribution in [0.4, 0.5) is 0 Å². The van der Waals surface area contributed by atoms with Crippen LogP contribution in [0, 0.1) is 17.8 Å². The van der Waals surface area contributed by atoms with Crippen LogP contribution in [0.5, 0.6) is 0 Å². The van der Waals surface area contributed by atoms with Gasteiger partial charge in [0.1, 0.15) is 0 Å². The van der Waals surface area contributed by atoms with Crippen LogP contribution in [0.15, 0.2) is 24.3 Å². The van der Waals surface area contributed by atoms with Gasteiger partial charge in [0.2, 0.25) is 0 Å². The first-order chi connectivity index (χ1) is 16.9. The van der Waals surface area contributed by atoms with E-state index >= 15 is 0 Å². The first-order valence-electron chi connectivity index (χ1n) is 14.0. The first kappa shape index (κ1) is 30.0. The smallest absolute Gasteiger partial charge is 0.305 e. The van der Waals surface area contributed by atoms with Crippen molar-refractivity contribution in [1.82, 2.24) is 0 Å². The lowest BCUT2D eigenvalue weighted by molar-refractivity contribution is -0.193. The lowest BCUT2D eigenvalue weighted by Crippen LogP contribution is -2.30. The monoisotopic (exact) mass is 494 g/mol. The molecule has 202 valence electrons. The van der Waals surface area contributed by atoms with Crippen LogP contribution >= 0.6 is 0 Å². The minimum atomic E-state index is -0.481. The van der Waals surface area contributed by atoms with Crippen molar-refractivity contribution in [2.45, 2.75) is 122 Å². The number of aliphatic hydroxyl groups excluding tert-OH is 2. The van der Waals surface area contributed by atoms with Gasteiger partial charge in [-0.25, -0.2) is 0 Å². The van der Waals surface area contributed by atoms with Crippen LogP contribution in [0.2, 0.25) is 0 Å². The van der Waals surface area contributed by atoms with Crippen LogP contribution in [0.1, 0.15) is 97.3 Å². The molecule has 1 saturated carbocycles. The highest BCUT2D eigenvalue weighted by Gasteiger charge is 2.42. The minimum absolute atomic E-state index is 0.0280. The van der Waals surface area contributed by atoms with Crippen molar-refractivity contribution in [2.24, 2.45) is 17.8 Å². The van der Waals surface area contributed by atoms with E-state index in [-0.39, 0.29) is 30.2 Å².